The SMILES string of the molecule is Cn1c(S(=O)(=O)CCC(=O)O)cc2cc(Cl)ccc21. The summed E-state index contributed by atoms with van der Waals surface area (Å²) in [6, 6.07) is 6.59. The fourth-order valence-electron chi connectivity index (χ4n) is 1.92. The molecule has 102 valence electrons. The molecule has 0 bridgehead atoms. The fourth-order valence-corrected chi connectivity index (χ4v) is 3.57. The monoisotopic (exact) mass is 301 g/mol. The van der Waals surface area contributed by atoms with Gasteiger partial charge < -0.3 is 9.67 Å². The number of fused-ring (bicyclic) bond motifs is 1. The summed E-state index contributed by atoms with van der Waals surface area (Å²) in [6.45, 7) is 0. The molecule has 1 N–H and O–H groups in total. The summed E-state index contributed by atoms with van der Waals surface area (Å²) in [5.41, 5.74) is 0.735. The summed E-state index contributed by atoms with van der Waals surface area (Å²) < 4.78 is 25.7. The van der Waals surface area contributed by atoms with Gasteiger partial charge in [-0.2, -0.15) is 0 Å². The Morgan fingerprint density at radius 3 is 2.68 bits per heavy atom. The third-order valence-electron chi connectivity index (χ3n) is 2.86. The molecule has 5 nitrogen and oxygen atoms in total. The van der Waals surface area contributed by atoms with E-state index in [2.05, 4.69) is 0 Å². The maximum absolute atomic E-state index is 12.1. The van der Waals surface area contributed by atoms with Gasteiger partial charge in [0.1, 0.15) is 5.03 Å². The molecule has 2 rings (SSSR count). The number of aromatic nitrogens is 1. The number of aryl methyl sites for hydroxylation is 1. The Labute approximate surface area is 115 Å². The van der Waals surface area contributed by atoms with Gasteiger partial charge in [0.05, 0.1) is 12.2 Å². The van der Waals surface area contributed by atoms with Crippen molar-refractivity contribution in [3.8, 4) is 0 Å². The lowest BCUT2D eigenvalue weighted by atomic mass is 10.2. The van der Waals surface area contributed by atoms with E-state index in [1.807, 2.05) is 0 Å². The van der Waals surface area contributed by atoms with Crippen molar-refractivity contribution in [3.63, 3.8) is 0 Å². The minimum atomic E-state index is -3.62. The molecular weight excluding hydrogens is 290 g/mol. The zero-order chi connectivity index (χ0) is 14.2. The minimum Gasteiger partial charge on any atom is -0.481 e. The van der Waals surface area contributed by atoms with Crippen LogP contribution in [0.3, 0.4) is 0 Å². The number of hydrogen-bond acceptors (Lipinski definition) is 3. The third kappa shape index (κ3) is 2.74. The van der Waals surface area contributed by atoms with Gasteiger partial charge in [-0.25, -0.2) is 8.42 Å². The number of carbonyl (C=O) groups is 1. The molecule has 0 aliphatic rings. The Bertz CT molecular complexity index is 748. The predicted octanol–water partition coefficient (Wildman–Crippen LogP) is 2.08. The summed E-state index contributed by atoms with van der Waals surface area (Å²) in [4.78, 5) is 10.5. The number of sulfone groups is 1. The van der Waals surface area contributed by atoms with Gasteiger partial charge in [0.25, 0.3) is 0 Å². The summed E-state index contributed by atoms with van der Waals surface area (Å²) in [6.07, 6.45) is -0.412. The Balaban J connectivity index is 2.50. The normalized spacial score (nSPS) is 11.9. The van der Waals surface area contributed by atoms with Crippen LogP contribution in [-0.2, 0) is 21.7 Å². The minimum absolute atomic E-state index is 0.103. The van der Waals surface area contributed by atoms with E-state index in [0.717, 1.165) is 5.52 Å². The first-order chi connectivity index (χ1) is 8.81. The van der Waals surface area contributed by atoms with Crippen LogP contribution in [0.25, 0.3) is 10.9 Å². The number of aliphatic carboxylic acids is 1. The molecule has 0 saturated carbocycles. The lowest BCUT2D eigenvalue weighted by Crippen LogP contribution is -2.13. The maximum atomic E-state index is 12.1. The van der Waals surface area contributed by atoms with Crippen LogP contribution in [0.15, 0.2) is 29.3 Å². The van der Waals surface area contributed by atoms with Gasteiger partial charge >= 0.3 is 5.97 Å². The highest BCUT2D eigenvalue weighted by molar-refractivity contribution is 7.91. The molecule has 0 aliphatic carbocycles. The van der Waals surface area contributed by atoms with Gasteiger partial charge in [0.15, 0.2) is 9.84 Å². The molecule has 0 radical (unpaired) electrons. The lowest BCUT2D eigenvalue weighted by Gasteiger charge is -2.04. The van der Waals surface area contributed by atoms with E-state index < -0.39 is 28.0 Å². The van der Waals surface area contributed by atoms with E-state index >= 15 is 0 Å². The van der Waals surface area contributed by atoms with Gasteiger partial charge in [-0.3, -0.25) is 4.79 Å². The number of carboxylic acids is 1. The van der Waals surface area contributed by atoms with E-state index in [1.54, 1.807) is 25.2 Å². The molecule has 0 saturated heterocycles. The van der Waals surface area contributed by atoms with E-state index in [4.69, 9.17) is 16.7 Å². The van der Waals surface area contributed by atoms with Crippen molar-refractivity contribution in [1.29, 1.82) is 0 Å². The molecule has 0 atom stereocenters. The van der Waals surface area contributed by atoms with Crippen LogP contribution in [0.1, 0.15) is 6.42 Å². The first kappa shape index (κ1) is 13.9. The number of rotatable bonds is 4. The Hall–Kier alpha value is -1.53. The Kier molecular flexibility index (Phi) is 3.56. The molecular formula is C12H12ClNO4S. The van der Waals surface area contributed by atoms with Crippen molar-refractivity contribution in [2.45, 2.75) is 11.4 Å². The quantitative estimate of drug-likeness (QED) is 0.938. The molecule has 0 fully saturated rings. The third-order valence-corrected chi connectivity index (χ3v) is 4.87. The molecule has 0 aliphatic heterocycles. The Morgan fingerprint density at radius 1 is 1.37 bits per heavy atom. The number of carboxylic acid groups (broad SMARTS) is 1. The highest BCUT2D eigenvalue weighted by Gasteiger charge is 2.21. The van der Waals surface area contributed by atoms with Crippen LogP contribution < -0.4 is 0 Å². The number of hydrogen-bond donors (Lipinski definition) is 1. The van der Waals surface area contributed by atoms with Crippen LogP contribution in [-0.4, -0.2) is 29.8 Å². The van der Waals surface area contributed by atoms with E-state index in [-0.39, 0.29) is 5.03 Å². The van der Waals surface area contributed by atoms with Crippen molar-refractivity contribution < 1.29 is 18.3 Å². The van der Waals surface area contributed by atoms with Gasteiger partial charge in [-0.05, 0) is 24.3 Å². The molecule has 1 heterocycles. The lowest BCUT2D eigenvalue weighted by molar-refractivity contribution is -0.136. The Morgan fingerprint density at radius 2 is 2.05 bits per heavy atom. The summed E-state index contributed by atoms with van der Waals surface area (Å²) >= 11 is 5.86. The number of benzene rings is 1. The van der Waals surface area contributed by atoms with Crippen LogP contribution >= 0.6 is 11.6 Å². The highest BCUT2D eigenvalue weighted by atomic mass is 35.5. The van der Waals surface area contributed by atoms with E-state index in [1.165, 1.54) is 10.6 Å². The largest absolute Gasteiger partial charge is 0.481 e. The standard InChI is InChI=1S/C12H12ClNO4S/c1-14-10-3-2-9(13)6-8(10)7-11(14)19(17,18)5-4-12(15)16/h2-3,6-7H,4-5H2,1H3,(H,15,16). The van der Waals surface area contributed by atoms with Crippen LogP contribution in [0.5, 0.6) is 0 Å². The zero-order valence-corrected chi connectivity index (χ0v) is 11.7. The summed E-state index contributed by atoms with van der Waals surface area (Å²) in [5, 5.41) is 9.92. The topological polar surface area (TPSA) is 76.4 Å². The average Bonchev–Trinajstić information content (AvgIpc) is 2.64. The van der Waals surface area contributed by atoms with Crippen molar-refractivity contribution >= 4 is 38.3 Å². The van der Waals surface area contributed by atoms with Gasteiger partial charge in [-0.1, -0.05) is 11.6 Å². The van der Waals surface area contributed by atoms with Crippen LogP contribution in [0, 0.1) is 0 Å². The van der Waals surface area contributed by atoms with Crippen LogP contribution in [0.4, 0.5) is 0 Å². The summed E-state index contributed by atoms with van der Waals surface area (Å²) in [5.74, 6) is -1.55. The molecule has 7 heteroatoms. The summed E-state index contributed by atoms with van der Waals surface area (Å²) in [7, 11) is -1.99. The van der Waals surface area contributed by atoms with Crippen molar-refractivity contribution in [1.82, 2.24) is 4.57 Å². The van der Waals surface area contributed by atoms with Crippen LogP contribution in [0.2, 0.25) is 5.02 Å². The fraction of sp³-hybridized carbons (Fsp3) is 0.250. The van der Waals surface area contributed by atoms with Gasteiger partial charge in [-0.15, -0.1) is 0 Å². The average molecular weight is 302 g/mol. The molecule has 2 aromatic rings. The second-order valence-corrected chi connectivity index (χ2v) is 6.70. The predicted molar refractivity (Wildman–Crippen MR) is 72.2 cm³/mol. The van der Waals surface area contributed by atoms with E-state index in [0.29, 0.717) is 10.4 Å². The maximum Gasteiger partial charge on any atom is 0.304 e. The first-order valence-electron chi connectivity index (χ1n) is 5.51. The number of halogens is 1. The zero-order valence-electron chi connectivity index (χ0n) is 10.1. The molecule has 0 spiro atoms. The van der Waals surface area contributed by atoms with E-state index in [9.17, 15) is 13.2 Å². The number of nitrogens with zero attached hydrogens (tertiary/aromatic N) is 1. The highest BCUT2D eigenvalue weighted by Crippen LogP contribution is 2.25. The molecule has 1 aromatic heterocycles. The van der Waals surface area contributed by atoms with Crippen molar-refractivity contribution in [3.05, 3.63) is 29.3 Å². The molecule has 19 heavy (non-hydrogen) atoms. The molecule has 1 aromatic carbocycles. The van der Waals surface area contributed by atoms with Crippen molar-refractivity contribution in [2.24, 2.45) is 7.05 Å². The van der Waals surface area contributed by atoms with Gasteiger partial charge in [0.2, 0.25) is 0 Å². The first-order valence-corrected chi connectivity index (χ1v) is 7.54. The van der Waals surface area contributed by atoms with Gasteiger partial charge in [0, 0.05) is 23.0 Å². The second kappa shape index (κ2) is 4.86. The smallest absolute Gasteiger partial charge is 0.304 e. The molecule has 0 amide bonds. The molecule has 0 unspecified atom stereocenters. The van der Waals surface area contributed by atoms with Crippen molar-refractivity contribution in [2.75, 3.05) is 5.75 Å². The second-order valence-electron chi connectivity index (χ2n) is 4.21.